The molecule has 0 atom stereocenters. The van der Waals surface area contributed by atoms with Crippen LogP contribution in [0.1, 0.15) is 65.8 Å². The summed E-state index contributed by atoms with van der Waals surface area (Å²) in [5.41, 5.74) is 0.963. The summed E-state index contributed by atoms with van der Waals surface area (Å²) in [5.74, 6) is -1.37. The number of hydrogen-bond donors (Lipinski definition) is 1. The molecule has 1 aromatic rings. The minimum absolute atomic E-state index is 0.00599. The Labute approximate surface area is 161 Å². The average Bonchev–Trinajstić information content (AvgIpc) is 2.59. The van der Waals surface area contributed by atoms with Gasteiger partial charge in [0.2, 0.25) is 10.0 Å². The van der Waals surface area contributed by atoms with E-state index in [9.17, 15) is 23.1 Å². The lowest BCUT2D eigenvalue weighted by Crippen LogP contribution is -2.45. The number of carboxylic acid groups (broad SMARTS) is 1. The molecule has 150 valence electrons. The molecule has 1 aliphatic rings. The normalized spacial score (nSPS) is 14.4. The number of anilines is 1. The van der Waals surface area contributed by atoms with E-state index in [-0.39, 0.29) is 23.2 Å². The van der Waals surface area contributed by atoms with Gasteiger partial charge in [-0.15, -0.1) is 0 Å². The molecule has 0 bridgehead atoms. The molecule has 1 amide bonds. The quantitative estimate of drug-likeness (QED) is 0.729. The van der Waals surface area contributed by atoms with E-state index in [0.717, 1.165) is 36.2 Å². The molecular weight excluding hydrogens is 368 g/mol. The van der Waals surface area contributed by atoms with Gasteiger partial charge in [-0.3, -0.25) is 9.10 Å². The Morgan fingerprint density at radius 1 is 1.26 bits per heavy atom. The van der Waals surface area contributed by atoms with Crippen LogP contribution in [-0.2, 0) is 16.4 Å². The van der Waals surface area contributed by atoms with Crippen LogP contribution in [0.5, 0.6) is 0 Å². The van der Waals surface area contributed by atoms with E-state index in [1.165, 1.54) is 19.2 Å². The molecule has 0 fully saturated rings. The molecule has 27 heavy (non-hydrogen) atoms. The first-order valence-electron chi connectivity index (χ1n) is 9.26. The van der Waals surface area contributed by atoms with Crippen molar-refractivity contribution in [2.24, 2.45) is 0 Å². The maximum Gasteiger partial charge on any atom is 0.336 e. The Morgan fingerprint density at radius 3 is 2.33 bits per heavy atom. The van der Waals surface area contributed by atoms with Crippen LogP contribution in [0.15, 0.2) is 12.1 Å². The van der Waals surface area contributed by atoms with Gasteiger partial charge in [-0.25, -0.2) is 13.2 Å². The van der Waals surface area contributed by atoms with Crippen LogP contribution >= 0.6 is 0 Å². The van der Waals surface area contributed by atoms with Crippen LogP contribution in [0.3, 0.4) is 0 Å². The van der Waals surface area contributed by atoms with Crippen LogP contribution in [0.4, 0.5) is 5.69 Å². The van der Waals surface area contributed by atoms with Gasteiger partial charge in [-0.1, -0.05) is 26.7 Å². The summed E-state index contributed by atoms with van der Waals surface area (Å²) in [6, 6.07) is 2.96. The van der Waals surface area contributed by atoms with Gasteiger partial charge in [-0.2, -0.15) is 0 Å². The van der Waals surface area contributed by atoms with Gasteiger partial charge in [0.25, 0.3) is 5.91 Å². The second-order valence-corrected chi connectivity index (χ2v) is 9.05. The number of fused-ring (bicyclic) bond motifs is 1. The Balaban J connectivity index is 2.55. The van der Waals surface area contributed by atoms with Gasteiger partial charge < -0.3 is 10.0 Å². The van der Waals surface area contributed by atoms with Gasteiger partial charge in [0.05, 0.1) is 17.5 Å². The lowest BCUT2D eigenvalue weighted by atomic mass is 9.91. The first kappa shape index (κ1) is 21.2. The molecule has 2 rings (SSSR count). The highest BCUT2D eigenvalue weighted by Gasteiger charge is 2.33. The molecule has 1 aromatic carbocycles. The number of carbonyl (C=O) groups is 2. The fraction of sp³-hybridized carbons (Fsp3) is 0.579. The predicted octanol–water partition coefficient (Wildman–Crippen LogP) is 2.75. The van der Waals surface area contributed by atoms with Gasteiger partial charge in [0, 0.05) is 25.2 Å². The topological polar surface area (TPSA) is 95.0 Å². The summed E-state index contributed by atoms with van der Waals surface area (Å²) >= 11 is 0. The van der Waals surface area contributed by atoms with Crippen molar-refractivity contribution >= 4 is 27.6 Å². The average molecular weight is 397 g/mol. The van der Waals surface area contributed by atoms with Crippen LogP contribution in [0, 0.1) is 0 Å². The number of aromatic carboxylic acids is 1. The van der Waals surface area contributed by atoms with Crippen molar-refractivity contribution in [2.75, 3.05) is 24.2 Å². The van der Waals surface area contributed by atoms with Crippen molar-refractivity contribution in [1.82, 2.24) is 4.90 Å². The third-order valence-corrected chi connectivity index (χ3v) is 6.31. The summed E-state index contributed by atoms with van der Waals surface area (Å²) in [7, 11) is -2.22. The summed E-state index contributed by atoms with van der Waals surface area (Å²) in [4.78, 5) is 26.7. The second-order valence-electron chi connectivity index (χ2n) is 7.03. The number of sulfonamides is 1. The fourth-order valence-electron chi connectivity index (χ4n) is 3.64. The molecule has 8 heteroatoms. The van der Waals surface area contributed by atoms with Crippen molar-refractivity contribution in [3.05, 3.63) is 28.8 Å². The largest absolute Gasteiger partial charge is 0.478 e. The Kier molecular flexibility index (Phi) is 6.51. The SMILES string of the molecule is CCCC(CCC)N1CCc2c(C(=O)O)cc(N(C)S(C)(=O)=O)cc2C1=O. The number of hydrogen-bond acceptors (Lipinski definition) is 4. The van der Waals surface area contributed by atoms with Crippen molar-refractivity contribution in [3.8, 4) is 0 Å². The van der Waals surface area contributed by atoms with E-state index in [2.05, 4.69) is 13.8 Å². The maximum atomic E-state index is 13.2. The van der Waals surface area contributed by atoms with Gasteiger partial charge in [0.15, 0.2) is 0 Å². The lowest BCUT2D eigenvalue weighted by molar-refractivity contribution is 0.0635. The number of rotatable bonds is 8. The highest BCUT2D eigenvalue weighted by Crippen LogP contribution is 2.31. The van der Waals surface area contributed by atoms with Crippen LogP contribution in [-0.4, -0.2) is 56.2 Å². The number of carbonyl (C=O) groups excluding carboxylic acids is 1. The molecule has 0 saturated carbocycles. The highest BCUT2D eigenvalue weighted by atomic mass is 32.2. The van der Waals surface area contributed by atoms with Crippen LogP contribution in [0.25, 0.3) is 0 Å². The van der Waals surface area contributed by atoms with E-state index in [4.69, 9.17) is 0 Å². The lowest BCUT2D eigenvalue weighted by Gasteiger charge is -2.36. The molecule has 1 heterocycles. The van der Waals surface area contributed by atoms with Gasteiger partial charge >= 0.3 is 5.97 Å². The smallest absolute Gasteiger partial charge is 0.336 e. The molecule has 7 nitrogen and oxygen atoms in total. The summed E-state index contributed by atoms with van der Waals surface area (Å²) in [6.07, 6.45) is 5.19. The third kappa shape index (κ3) is 4.43. The number of carboxylic acids is 1. The van der Waals surface area contributed by atoms with Gasteiger partial charge in [-0.05, 0) is 37.0 Å². The molecule has 0 spiro atoms. The van der Waals surface area contributed by atoms with Gasteiger partial charge in [0.1, 0.15) is 0 Å². The molecule has 0 saturated heterocycles. The highest BCUT2D eigenvalue weighted by molar-refractivity contribution is 7.92. The Hall–Kier alpha value is -2.09. The maximum absolute atomic E-state index is 13.2. The molecular formula is C19H28N2O5S. The number of amides is 1. The van der Waals surface area contributed by atoms with Crippen molar-refractivity contribution in [2.45, 2.75) is 52.0 Å². The number of nitrogens with zero attached hydrogens (tertiary/aromatic N) is 2. The van der Waals surface area contributed by atoms with Crippen molar-refractivity contribution in [1.29, 1.82) is 0 Å². The summed E-state index contributed by atoms with van der Waals surface area (Å²) < 4.78 is 24.8. The Bertz CT molecular complexity index is 829. The molecule has 0 aliphatic carbocycles. The molecule has 0 aromatic heterocycles. The predicted molar refractivity (Wildman–Crippen MR) is 105 cm³/mol. The summed E-state index contributed by atoms with van der Waals surface area (Å²) in [6.45, 7) is 4.64. The van der Waals surface area contributed by atoms with Crippen LogP contribution in [0.2, 0.25) is 0 Å². The van der Waals surface area contributed by atoms with E-state index in [1.807, 2.05) is 4.90 Å². The van der Waals surface area contributed by atoms with E-state index in [0.29, 0.717) is 24.1 Å². The zero-order chi connectivity index (χ0) is 20.4. The number of benzene rings is 1. The standard InChI is InChI=1S/C19H28N2O5S/c1-5-7-13(8-6-2)21-10-9-15-16(18(21)22)11-14(12-17(15)19(23)24)20(3)27(4,25)26/h11-13H,5-10H2,1-4H3,(H,23,24). The van der Waals surface area contributed by atoms with E-state index < -0.39 is 16.0 Å². The van der Waals surface area contributed by atoms with Crippen LogP contribution < -0.4 is 4.31 Å². The monoisotopic (exact) mass is 396 g/mol. The minimum Gasteiger partial charge on any atom is -0.478 e. The molecule has 1 N–H and O–H groups in total. The zero-order valence-electron chi connectivity index (χ0n) is 16.4. The zero-order valence-corrected chi connectivity index (χ0v) is 17.2. The minimum atomic E-state index is -3.57. The molecule has 1 aliphatic heterocycles. The second kappa shape index (κ2) is 8.29. The third-order valence-electron chi connectivity index (χ3n) is 5.10. The summed E-state index contributed by atoms with van der Waals surface area (Å²) in [5, 5.41) is 9.59. The Morgan fingerprint density at radius 2 is 1.85 bits per heavy atom. The first-order valence-corrected chi connectivity index (χ1v) is 11.1. The molecule has 0 radical (unpaired) electrons. The van der Waals surface area contributed by atoms with E-state index in [1.54, 1.807) is 0 Å². The van der Waals surface area contributed by atoms with Crippen molar-refractivity contribution < 1.29 is 23.1 Å². The first-order chi connectivity index (χ1) is 12.6. The van der Waals surface area contributed by atoms with Crippen molar-refractivity contribution in [3.63, 3.8) is 0 Å². The van der Waals surface area contributed by atoms with E-state index >= 15 is 0 Å². The fourth-order valence-corrected chi connectivity index (χ4v) is 4.13. The molecule has 0 unspecified atom stereocenters.